The molecule has 0 unspecified atom stereocenters. The normalized spacial score (nSPS) is 20.1. The molecule has 10 heteroatoms. The van der Waals surface area contributed by atoms with Crippen molar-refractivity contribution in [1.29, 1.82) is 0 Å². The molecule has 1 saturated heterocycles. The van der Waals surface area contributed by atoms with Gasteiger partial charge in [-0.05, 0) is 48.6 Å². The van der Waals surface area contributed by atoms with Gasteiger partial charge in [0.2, 0.25) is 5.91 Å². The second-order valence-corrected chi connectivity index (χ2v) is 12.0. The first kappa shape index (κ1) is 24.2. The number of hydrogen-bond acceptors (Lipinski definition) is 6. The van der Waals surface area contributed by atoms with Crippen LogP contribution < -0.4 is 16.1 Å². The molecule has 3 rings (SSSR count). The fourth-order valence-electron chi connectivity index (χ4n) is 4.17. The highest BCUT2D eigenvalue weighted by Crippen LogP contribution is 2.47. The number of anilines is 1. The standard InChI is InChI=1S/C22H29N3O5S2/c1-15(2)14-25(21(23)27)17-7-5-6-16(12-17)18-8-9-19(31-18)22(13-20(26)24-28)10-3-4-11-32(22,29)30/h5-9,12,15,28H,3-4,10-11,13-14H2,1-2H3,(H2,23,27)(H,24,26)/t22-/m0/s1. The summed E-state index contributed by atoms with van der Waals surface area (Å²) in [6.07, 6.45) is 1.25. The number of thiophene rings is 1. The van der Waals surface area contributed by atoms with E-state index in [2.05, 4.69) is 0 Å². The zero-order valence-electron chi connectivity index (χ0n) is 18.2. The number of carbonyl (C=O) groups is 2. The first-order valence-electron chi connectivity index (χ1n) is 10.5. The van der Waals surface area contributed by atoms with Crippen LogP contribution >= 0.6 is 11.3 Å². The Labute approximate surface area is 192 Å². The fraction of sp³-hybridized carbons (Fsp3) is 0.455. The molecule has 1 aromatic heterocycles. The van der Waals surface area contributed by atoms with Crippen LogP contribution in [-0.4, -0.2) is 37.9 Å². The Morgan fingerprint density at radius 2 is 2.00 bits per heavy atom. The summed E-state index contributed by atoms with van der Waals surface area (Å²) >= 11 is 1.31. The van der Waals surface area contributed by atoms with E-state index in [0.29, 0.717) is 36.4 Å². The number of hydroxylamine groups is 1. The van der Waals surface area contributed by atoms with Gasteiger partial charge in [0.05, 0.1) is 12.2 Å². The molecule has 1 atom stereocenters. The molecule has 0 spiro atoms. The highest BCUT2D eigenvalue weighted by atomic mass is 32.2. The number of rotatable bonds is 7. The van der Waals surface area contributed by atoms with Gasteiger partial charge in [0.25, 0.3) is 0 Å². The summed E-state index contributed by atoms with van der Waals surface area (Å²) in [5, 5.41) is 9.04. The van der Waals surface area contributed by atoms with Crippen LogP contribution in [0.15, 0.2) is 36.4 Å². The third kappa shape index (κ3) is 4.82. The molecular weight excluding hydrogens is 450 g/mol. The van der Waals surface area contributed by atoms with Crippen molar-refractivity contribution >= 4 is 38.8 Å². The predicted octanol–water partition coefficient (Wildman–Crippen LogP) is 3.65. The summed E-state index contributed by atoms with van der Waals surface area (Å²) in [7, 11) is -3.59. The molecule has 1 aliphatic heterocycles. The first-order valence-corrected chi connectivity index (χ1v) is 13.0. The Kier molecular flexibility index (Phi) is 7.26. The number of benzene rings is 1. The smallest absolute Gasteiger partial charge is 0.319 e. The van der Waals surface area contributed by atoms with Crippen LogP contribution in [0, 0.1) is 5.92 Å². The van der Waals surface area contributed by atoms with E-state index < -0.39 is 26.5 Å². The molecule has 4 N–H and O–H groups in total. The monoisotopic (exact) mass is 479 g/mol. The van der Waals surface area contributed by atoms with Gasteiger partial charge in [-0.2, -0.15) is 0 Å². The lowest BCUT2D eigenvalue weighted by Gasteiger charge is -2.35. The van der Waals surface area contributed by atoms with E-state index in [1.165, 1.54) is 16.2 Å². The van der Waals surface area contributed by atoms with E-state index >= 15 is 0 Å². The summed E-state index contributed by atoms with van der Waals surface area (Å²) in [5.41, 5.74) is 8.65. The highest BCUT2D eigenvalue weighted by Gasteiger charge is 2.49. The summed E-state index contributed by atoms with van der Waals surface area (Å²) in [6, 6.07) is 10.4. The van der Waals surface area contributed by atoms with Crippen LogP contribution in [0.2, 0.25) is 0 Å². The van der Waals surface area contributed by atoms with Gasteiger partial charge in [0, 0.05) is 22.0 Å². The van der Waals surface area contributed by atoms with Crippen LogP contribution in [0.4, 0.5) is 10.5 Å². The third-order valence-electron chi connectivity index (χ3n) is 5.72. The van der Waals surface area contributed by atoms with Crippen LogP contribution in [0.5, 0.6) is 0 Å². The van der Waals surface area contributed by atoms with E-state index in [9.17, 15) is 18.0 Å². The Morgan fingerprint density at radius 1 is 1.25 bits per heavy atom. The number of hydrogen-bond donors (Lipinski definition) is 3. The molecule has 1 fully saturated rings. The number of urea groups is 1. The van der Waals surface area contributed by atoms with E-state index in [-0.39, 0.29) is 18.1 Å². The van der Waals surface area contributed by atoms with Gasteiger partial charge in [-0.15, -0.1) is 11.3 Å². The van der Waals surface area contributed by atoms with Crippen LogP contribution in [0.1, 0.15) is 44.4 Å². The average Bonchev–Trinajstić information content (AvgIpc) is 3.24. The predicted molar refractivity (Wildman–Crippen MR) is 125 cm³/mol. The van der Waals surface area contributed by atoms with Crippen molar-refractivity contribution in [2.24, 2.45) is 11.7 Å². The number of amides is 3. The van der Waals surface area contributed by atoms with Crippen molar-refractivity contribution in [3.8, 4) is 10.4 Å². The average molecular weight is 480 g/mol. The van der Waals surface area contributed by atoms with Gasteiger partial charge in [-0.25, -0.2) is 18.7 Å². The lowest BCUT2D eigenvalue weighted by atomic mass is 9.94. The number of primary amides is 1. The van der Waals surface area contributed by atoms with Gasteiger partial charge in [0.15, 0.2) is 9.84 Å². The molecule has 0 saturated carbocycles. The topological polar surface area (TPSA) is 130 Å². The number of nitrogens with one attached hydrogen (secondary N) is 1. The minimum atomic E-state index is -3.59. The van der Waals surface area contributed by atoms with Crippen molar-refractivity contribution in [2.45, 2.75) is 44.3 Å². The molecule has 3 amide bonds. The minimum absolute atomic E-state index is 0.0111. The second kappa shape index (κ2) is 9.60. The van der Waals surface area contributed by atoms with Crippen molar-refractivity contribution in [1.82, 2.24) is 5.48 Å². The Balaban J connectivity index is 2.02. The minimum Gasteiger partial charge on any atom is -0.351 e. The zero-order valence-corrected chi connectivity index (χ0v) is 19.8. The fourth-order valence-corrected chi connectivity index (χ4v) is 7.94. The zero-order chi connectivity index (χ0) is 23.5. The van der Waals surface area contributed by atoms with Gasteiger partial charge in [-0.3, -0.25) is 14.9 Å². The number of sulfone groups is 1. The molecular formula is C22H29N3O5S2. The van der Waals surface area contributed by atoms with Crippen molar-refractivity contribution in [3.05, 3.63) is 41.3 Å². The Hall–Kier alpha value is -2.43. The number of nitrogens with zero attached hydrogens (tertiary/aromatic N) is 1. The van der Waals surface area contributed by atoms with E-state index in [0.717, 1.165) is 10.4 Å². The molecule has 2 aromatic rings. The van der Waals surface area contributed by atoms with E-state index in [1.807, 2.05) is 44.2 Å². The SMILES string of the molecule is CC(C)CN(C(N)=O)c1cccc(-c2ccc([C@@]3(CC(=O)NO)CCCCS3(=O)=O)s2)c1. The highest BCUT2D eigenvalue weighted by molar-refractivity contribution is 7.92. The van der Waals surface area contributed by atoms with Crippen molar-refractivity contribution < 1.29 is 23.2 Å². The molecule has 32 heavy (non-hydrogen) atoms. The lowest BCUT2D eigenvalue weighted by molar-refractivity contribution is -0.130. The summed E-state index contributed by atoms with van der Waals surface area (Å²) < 4.78 is 24.9. The molecule has 1 aliphatic rings. The maximum absolute atomic E-state index is 13.1. The van der Waals surface area contributed by atoms with Gasteiger partial charge in [-0.1, -0.05) is 32.4 Å². The first-order chi connectivity index (χ1) is 15.1. The summed E-state index contributed by atoms with van der Waals surface area (Å²) in [6.45, 7) is 4.47. The van der Waals surface area contributed by atoms with Crippen LogP contribution in [0.25, 0.3) is 10.4 Å². The number of nitrogens with two attached hydrogens (primary N) is 1. The molecule has 0 radical (unpaired) electrons. The largest absolute Gasteiger partial charge is 0.351 e. The summed E-state index contributed by atoms with van der Waals surface area (Å²) in [5.74, 6) is -0.483. The molecule has 8 nitrogen and oxygen atoms in total. The van der Waals surface area contributed by atoms with Crippen LogP contribution in [-0.2, 0) is 19.4 Å². The summed E-state index contributed by atoms with van der Waals surface area (Å²) in [4.78, 5) is 26.9. The molecule has 174 valence electrons. The molecule has 0 aliphatic carbocycles. The van der Waals surface area contributed by atoms with E-state index in [1.54, 1.807) is 11.5 Å². The van der Waals surface area contributed by atoms with E-state index in [4.69, 9.17) is 10.9 Å². The second-order valence-electron chi connectivity index (χ2n) is 8.54. The molecule has 0 bridgehead atoms. The van der Waals surface area contributed by atoms with Crippen LogP contribution in [0.3, 0.4) is 0 Å². The Morgan fingerprint density at radius 3 is 2.62 bits per heavy atom. The third-order valence-corrected chi connectivity index (χ3v) is 9.77. The maximum atomic E-state index is 13.1. The number of carbonyl (C=O) groups excluding carboxylic acids is 2. The van der Waals surface area contributed by atoms with Crippen molar-refractivity contribution in [3.63, 3.8) is 0 Å². The van der Waals surface area contributed by atoms with Crippen molar-refractivity contribution in [2.75, 3.05) is 17.2 Å². The maximum Gasteiger partial charge on any atom is 0.319 e. The Bertz CT molecular complexity index is 1100. The molecule has 1 aromatic carbocycles. The van der Waals surface area contributed by atoms with Gasteiger partial charge in [0.1, 0.15) is 4.75 Å². The molecule has 2 heterocycles. The lowest BCUT2D eigenvalue weighted by Crippen LogP contribution is -2.43. The van der Waals surface area contributed by atoms with Gasteiger partial charge >= 0.3 is 6.03 Å². The quantitative estimate of drug-likeness (QED) is 0.412. The van der Waals surface area contributed by atoms with Gasteiger partial charge < -0.3 is 5.73 Å².